The van der Waals surface area contributed by atoms with E-state index in [4.69, 9.17) is 37.0 Å². The van der Waals surface area contributed by atoms with Crippen molar-refractivity contribution in [3.8, 4) is 0 Å². The van der Waals surface area contributed by atoms with Gasteiger partial charge in [0.25, 0.3) is 0 Å². The Bertz CT molecular complexity index is 1980. The number of aliphatic hydroxyl groups is 1. The van der Waals surface area contributed by atoms with E-state index in [2.05, 4.69) is 34.6 Å². The zero-order valence-electron chi connectivity index (χ0n) is 68.2. The Morgan fingerprint density at radius 2 is 0.442 bits per heavy atom. The predicted molar refractivity (Wildman–Crippen MR) is 428 cm³/mol. The van der Waals surface area contributed by atoms with Crippen LogP contribution in [0.1, 0.15) is 458 Å². The molecule has 0 heterocycles. The van der Waals surface area contributed by atoms with E-state index in [-0.39, 0.29) is 25.7 Å². The Morgan fingerprint density at radius 3 is 0.654 bits per heavy atom. The Balaban J connectivity index is 5.20. The van der Waals surface area contributed by atoms with Crippen LogP contribution in [0.3, 0.4) is 0 Å². The monoisotopic (exact) mass is 1520 g/mol. The van der Waals surface area contributed by atoms with Gasteiger partial charge < -0.3 is 33.8 Å². The number of unbranched alkanes of at least 4 members (excludes halogenated alkanes) is 57. The Hall–Kier alpha value is -1.94. The lowest BCUT2D eigenvalue weighted by Gasteiger charge is -2.21. The quantitative estimate of drug-likeness (QED) is 0.0222. The normalized spacial score (nSPS) is 13.8. The van der Waals surface area contributed by atoms with Crippen LogP contribution < -0.4 is 0 Å². The number of esters is 4. The number of carbonyl (C=O) groups is 4. The fourth-order valence-electron chi connectivity index (χ4n) is 13.3. The molecule has 0 spiro atoms. The van der Waals surface area contributed by atoms with Gasteiger partial charge in [-0.15, -0.1) is 0 Å². The maximum Gasteiger partial charge on any atom is 0.472 e. The van der Waals surface area contributed by atoms with Gasteiger partial charge in [0, 0.05) is 25.7 Å². The molecule has 0 radical (unpaired) electrons. The van der Waals surface area contributed by atoms with E-state index in [1.165, 1.54) is 283 Å². The van der Waals surface area contributed by atoms with E-state index in [1.807, 2.05) is 0 Å². The van der Waals surface area contributed by atoms with Crippen molar-refractivity contribution in [2.75, 3.05) is 39.6 Å². The van der Waals surface area contributed by atoms with Crippen LogP contribution >= 0.6 is 15.6 Å². The van der Waals surface area contributed by atoms with Gasteiger partial charge in [0.1, 0.15) is 19.3 Å². The molecule has 0 bridgehead atoms. The molecular formula is C85H166O17P2. The van der Waals surface area contributed by atoms with Crippen LogP contribution in [0.2, 0.25) is 0 Å². The molecule has 17 nitrogen and oxygen atoms in total. The highest BCUT2D eigenvalue weighted by Crippen LogP contribution is 2.45. The summed E-state index contributed by atoms with van der Waals surface area (Å²) in [4.78, 5) is 73.1. The lowest BCUT2D eigenvalue weighted by molar-refractivity contribution is -0.161. The number of rotatable bonds is 85. The Morgan fingerprint density at radius 1 is 0.260 bits per heavy atom. The summed E-state index contributed by atoms with van der Waals surface area (Å²) in [5, 5.41) is 10.7. The molecule has 0 aromatic carbocycles. The molecule has 0 aromatic heterocycles. The van der Waals surface area contributed by atoms with Gasteiger partial charge >= 0.3 is 39.5 Å². The molecule has 0 fully saturated rings. The van der Waals surface area contributed by atoms with Crippen LogP contribution in [-0.4, -0.2) is 96.7 Å². The molecule has 3 N–H and O–H groups in total. The summed E-state index contributed by atoms with van der Waals surface area (Å²) in [6, 6.07) is 0. The number of phosphoric ester groups is 2. The van der Waals surface area contributed by atoms with E-state index in [0.717, 1.165) is 95.8 Å². The number of ether oxygens (including phenoxy) is 4. The molecule has 0 aliphatic heterocycles. The summed E-state index contributed by atoms with van der Waals surface area (Å²) in [6.07, 6.45) is 70.8. The molecule has 0 saturated heterocycles. The van der Waals surface area contributed by atoms with Gasteiger partial charge in [-0.3, -0.25) is 37.3 Å². The Labute approximate surface area is 638 Å². The summed E-state index contributed by atoms with van der Waals surface area (Å²) in [6.45, 7) is 7.38. The third-order valence-electron chi connectivity index (χ3n) is 20.0. The lowest BCUT2D eigenvalue weighted by atomic mass is 10.0. The van der Waals surface area contributed by atoms with E-state index < -0.39 is 97.5 Å². The molecule has 0 amide bonds. The maximum absolute atomic E-state index is 13.1. The molecule has 0 aliphatic rings. The second-order valence-corrected chi connectivity index (χ2v) is 34.0. The molecule has 618 valence electrons. The molecule has 19 heteroatoms. The van der Waals surface area contributed by atoms with Crippen molar-refractivity contribution in [3.05, 3.63) is 0 Å². The summed E-state index contributed by atoms with van der Waals surface area (Å²) in [7, 11) is -9.92. The van der Waals surface area contributed by atoms with Crippen LogP contribution in [0.25, 0.3) is 0 Å². The predicted octanol–water partition coefficient (Wildman–Crippen LogP) is 26.0. The zero-order chi connectivity index (χ0) is 76.2. The second-order valence-electron chi connectivity index (χ2n) is 31.1. The Kier molecular flexibility index (Phi) is 76.3. The molecular weight excluding hydrogens is 1350 g/mol. The van der Waals surface area contributed by atoms with E-state index in [9.17, 15) is 43.2 Å². The minimum Gasteiger partial charge on any atom is -0.462 e. The highest BCUT2D eigenvalue weighted by atomic mass is 31.2. The molecule has 0 aliphatic carbocycles. The summed E-state index contributed by atoms with van der Waals surface area (Å²) < 4.78 is 68.8. The average molecular weight is 1520 g/mol. The van der Waals surface area contributed by atoms with Crippen LogP contribution in [-0.2, 0) is 65.4 Å². The average Bonchev–Trinajstić information content (AvgIpc) is 0.905. The third kappa shape index (κ3) is 78.2. The smallest absolute Gasteiger partial charge is 0.462 e. The van der Waals surface area contributed by atoms with Crippen LogP contribution in [0.5, 0.6) is 0 Å². The SMILES string of the molecule is CCCCCCCCCCCCCCCCCCCCCCC(=O)OC[C@H](COP(=O)(O)OC[C@@H](O)COP(=O)(O)OC[C@@H](COC(=O)CCCCCCCCCCCC)OC(=O)CCCCCCCCCCCCCCC)OC(=O)CCCCCCCCCCCCCCCCCCCCC(C)C. The van der Waals surface area contributed by atoms with Crippen molar-refractivity contribution >= 4 is 39.5 Å². The van der Waals surface area contributed by atoms with Gasteiger partial charge in [0.2, 0.25) is 0 Å². The van der Waals surface area contributed by atoms with Gasteiger partial charge in [0.15, 0.2) is 12.2 Å². The molecule has 2 unspecified atom stereocenters. The minimum atomic E-state index is -4.96. The summed E-state index contributed by atoms with van der Waals surface area (Å²) in [5.41, 5.74) is 0. The van der Waals surface area contributed by atoms with Crippen molar-refractivity contribution < 1.29 is 80.2 Å². The fourth-order valence-corrected chi connectivity index (χ4v) is 14.9. The van der Waals surface area contributed by atoms with Crippen molar-refractivity contribution in [1.82, 2.24) is 0 Å². The zero-order valence-corrected chi connectivity index (χ0v) is 70.0. The van der Waals surface area contributed by atoms with E-state index in [1.54, 1.807) is 0 Å². The van der Waals surface area contributed by atoms with Crippen LogP contribution in [0.4, 0.5) is 0 Å². The number of hydrogen-bond donors (Lipinski definition) is 3. The number of hydrogen-bond acceptors (Lipinski definition) is 15. The van der Waals surface area contributed by atoms with Gasteiger partial charge in [-0.05, 0) is 31.6 Å². The minimum absolute atomic E-state index is 0.108. The van der Waals surface area contributed by atoms with Gasteiger partial charge in [-0.1, -0.05) is 407 Å². The highest BCUT2D eigenvalue weighted by Gasteiger charge is 2.30. The van der Waals surface area contributed by atoms with Crippen molar-refractivity contribution in [2.45, 2.75) is 477 Å². The molecule has 0 aromatic rings. The molecule has 0 rings (SSSR count). The first-order valence-electron chi connectivity index (χ1n) is 44.1. The number of carbonyl (C=O) groups excluding carboxylic acids is 4. The first-order chi connectivity index (χ1) is 50.5. The molecule has 104 heavy (non-hydrogen) atoms. The van der Waals surface area contributed by atoms with Crippen LogP contribution in [0, 0.1) is 5.92 Å². The van der Waals surface area contributed by atoms with E-state index >= 15 is 0 Å². The van der Waals surface area contributed by atoms with Crippen molar-refractivity contribution in [2.24, 2.45) is 5.92 Å². The van der Waals surface area contributed by atoms with Crippen molar-refractivity contribution in [1.29, 1.82) is 0 Å². The summed E-state index contributed by atoms with van der Waals surface area (Å²) in [5.74, 6) is -1.28. The van der Waals surface area contributed by atoms with Gasteiger partial charge in [0.05, 0.1) is 26.4 Å². The lowest BCUT2D eigenvalue weighted by Crippen LogP contribution is -2.30. The maximum atomic E-state index is 13.1. The second kappa shape index (κ2) is 77.8. The number of phosphoric acid groups is 2. The van der Waals surface area contributed by atoms with Crippen LogP contribution in [0.15, 0.2) is 0 Å². The van der Waals surface area contributed by atoms with E-state index in [0.29, 0.717) is 25.7 Å². The standard InChI is InChI=1S/C85H166O17P2/c1-6-9-12-15-18-21-24-26-27-28-29-30-34-37-41-44-49-54-59-64-69-83(88)96-75-81(102-85(90)71-66-61-56-51-46-42-38-35-32-31-33-36-40-43-47-52-57-62-67-78(4)5)77-100-104(93,94)98-73-79(86)72-97-103(91,92)99-76-80(74-95-82(87)68-63-58-53-48-23-20-17-14-11-8-3)101-84(89)70-65-60-55-50-45-39-25-22-19-16-13-10-7-2/h78-81,86H,6-77H2,1-5H3,(H,91,92)(H,93,94)/t79-,80+,81+/m0/s1. The van der Waals surface area contributed by atoms with Gasteiger partial charge in [-0.25, -0.2) is 9.13 Å². The first-order valence-corrected chi connectivity index (χ1v) is 47.1. The third-order valence-corrected chi connectivity index (χ3v) is 21.9. The molecule has 5 atom stereocenters. The fraction of sp³-hybridized carbons (Fsp3) is 0.953. The summed E-state index contributed by atoms with van der Waals surface area (Å²) >= 11 is 0. The van der Waals surface area contributed by atoms with Crippen molar-refractivity contribution in [3.63, 3.8) is 0 Å². The molecule has 0 saturated carbocycles. The topological polar surface area (TPSA) is 237 Å². The largest absolute Gasteiger partial charge is 0.472 e. The first kappa shape index (κ1) is 102. The highest BCUT2D eigenvalue weighted by molar-refractivity contribution is 7.47. The number of aliphatic hydroxyl groups excluding tert-OH is 1. The van der Waals surface area contributed by atoms with Gasteiger partial charge in [-0.2, -0.15) is 0 Å².